The number of imidazole rings is 1. The Bertz CT molecular complexity index is 1500. The van der Waals surface area contributed by atoms with Crippen LogP contribution in [0.2, 0.25) is 5.02 Å². The molecule has 0 atom stereocenters. The lowest BCUT2D eigenvalue weighted by atomic mass is 10.1. The van der Waals surface area contributed by atoms with Crippen LogP contribution in [0.5, 0.6) is 17.2 Å². The van der Waals surface area contributed by atoms with Gasteiger partial charge in [0.1, 0.15) is 23.5 Å². The second-order valence-electron chi connectivity index (χ2n) is 7.87. The zero-order valence-electron chi connectivity index (χ0n) is 20.3. The van der Waals surface area contributed by atoms with Crippen LogP contribution < -0.4 is 19.5 Å². The van der Waals surface area contributed by atoms with Gasteiger partial charge in [0.25, 0.3) is 0 Å². The first-order chi connectivity index (χ1) is 17.6. The van der Waals surface area contributed by atoms with E-state index in [2.05, 4.69) is 20.3 Å². The molecule has 0 saturated heterocycles. The van der Waals surface area contributed by atoms with Gasteiger partial charge in [-0.2, -0.15) is 0 Å². The van der Waals surface area contributed by atoms with E-state index in [1.165, 1.54) is 6.33 Å². The number of hydrogen-bond donors (Lipinski definition) is 2. The zero-order chi connectivity index (χ0) is 25.1. The molecule has 0 radical (unpaired) electrons. The summed E-state index contributed by atoms with van der Waals surface area (Å²) < 4.78 is 17.7. The molecular formula is C27H26ClN5O3. The largest absolute Gasteiger partial charge is 0.490 e. The highest BCUT2D eigenvalue weighted by molar-refractivity contribution is 6.33. The van der Waals surface area contributed by atoms with Crippen molar-refractivity contribution in [1.29, 1.82) is 0 Å². The summed E-state index contributed by atoms with van der Waals surface area (Å²) in [6.45, 7) is 7.16. The molecule has 2 N–H and O–H groups in total. The van der Waals surface area contributed by atoms with Crippen molar-refractivity contribution in [3.63, 3.8) is 0 Å². The number of H-pyrrole nitrogens is 1. The fourth-order valence-corrected chi connectivity index (χ4v) is 4.26. The predicted molar refractivity (Wildman–Crippen MR) is 143 cm³/mol. The number of nitrogens with zero attached hydrogens (tertiary/aromatic N) is 3. The van der Waals surface area contributed by atoms with Gasteiger partial charge in [-0.15, -0.1) is 0 Å². The van der Waals surface area contributed by atoms with E-state index in [0.29, 0.717) is 59.3 Å². The number of fused-ring (bicyclic) bond motifs is 2. The van der Waals surface area contributed by atoms with Gasteiger partial charge in [-0.3, -0.25) is 0 Å². The van der Waals surface area contributed by atoms with Crippen molar-refractivity contribution in [1.82, 2.24) is 19.9 Å². The van der Waals surface area contributed by atoms with E-state index < -0.39 is 0 Å². The number of halogens is 1. The molecule has 0 aliphatic heterocycles. The second-order valence-corrected chi connectivity index (χ2v) is 8.28. The van der Waals surface area contributed by atoms with Crippen LogP contribution in [0.1, 0.15) is 20.8 Å². The third kappa shape index (κ3) is 4.47. The van der Waals surface area contributed by atoms with Gasteiger partial charge < -0.3 is 24.5 Å². The molecular weight excluding hydrogens is 478 g/mol. The van der Waals surface area contributed by atoms with E-state index in [9.17, 15) is 0 Å². The lowest BCUT2D eigenvalue weighted by Crippen LogP contribution is -2.05. The third-order valence-electron chi connectivity index (χ3n) is 5.56. The minimum absolute atomic E-state index is 0.454. The van der Waals surface area contributed by atoms with Gasteiger partial charge >= 0.3 is 0 Å². The maximum atomic E-state index is 6.55. The van der Waals surface area contributed by atoms with Gasteiger partial charge in [-0.1, -0.05) is 23.7 Å². The summed E-state index contributed by atoms with van der Waals surface area (Å²) >= 11 is 6.55. The molecule has 184 valence electrons. The van der Waals surface area contributed by atoms with Crippen molar-refractivity contribution in [2.24, 2.45) is 0 Å². The van der Waals surface area contributed by atoms with Crippen LogP contribution in [0.4, 0.5) is 11.5 Å². The normalized spacial score (nSPS) is 11.1. The number of para-hydroxylation sites is 2. The van der Waals surface area contributed by atoms with Gasteiger partial charge in [-0.25, -0.2) is 15.0 Å². The molecule has 0 spiro atoms. The van der Waals surface area contributed by atoms with E-state index in [1.54, 1.807) is 0 Å². The molecule has 5 aromatic rings. The highest BCUT2D eigenvalue weighted by atomic mass is 35.5. The number of benzene rings is 3. The molecule has 0 unspecified atom stereocenters. The molecule has 0 aliphatic rings. The zero-order valence-corrected chi connectivity index (χ0v) is 21.0. The molecule has 0 fully saturated rings. The van der Waals surface area contributed by atoms with Gasteiger partial charge in [0.2, 0.25) is 5.75 Å². The Hall–Kier alpha value is -4.04. The standard InChI is InChI=1S/C27H26ClN5O3/c1-4-34-22-14-18-23(25(36-6-3)24(22)35-5-2)29-15-30-26(18)31-16-11-12-19(28)17(13-16)27-32-20-9-7-8-10-21(20)33-27/h7-15H,4-6H2,1-3H3,(H,32,33)(H,29,30,31). The third-order valence-corrected chi connectivity index (χ3v) is 5.88. The molecule has 5 rings (SSSR count). The van der Waals surface area contributed by atoms with E-state index in [1.807, 2.05) is 69.3 Å². The molecule has 9 heteroatoms. The summed E-state index contributed by atoms with van der Waals surface area (Å²) in [6, 6.07) is 15.4. The van der Waals surface area contributed by atoms with E-state index in [4.69, 9.17) is 30.8 Å². The van der Waals surface area contributed by atoms with E-state index in [0.717, 1.165) is 27.7 Å². The Balaban J connectivity index is 1.59. The Labute approximate surface area is 213 Å². The average Bonchev–Trinajstić information content (AvgIpc) is 3.32. The van der Waals surface area contributed by atoms with E-state index >= 15 is 0 Å². The highest BCUT2D eigenvalue weighted by Gasteiger charge is 2.21. The molecule has 0 amide bonds. The van der Waals surface area contributed by atoms with Crippen LogP contribution in [0.15, 0.2) is 54.9 Å². The Morgan fingerprint density at radius 2 is 1.67 bits per heavy atom. The highest BCUT2D eigenvalue weighted by Crippen LogP contribution is 2.45. The first kappa shape index (κ1) is 23.7. The van der Waals surface area contributed by atoms with Crippen molar-refractivity contribution in [3.05, 3.63) is 59.9 Å². The summed E-state index contributed by atoms with van der Waals surface area (Å²) in [7, 11) is 0. The summed E-state index contributed by atoms with van der Waals surface area (Å²) in [5.41, 5.74) is 4.02. The molecule has 3 aromatic carbocycles. The Morgan fingerprint density at radius 3 is 2.44 bits per heavy atom. The van der Waals surface area contributed by atoms with Crippen molar-refractivity contribution < 1.29 is 14.2 Å². The number of rotatable bonds is 9. The van der Waals surface area contributed by atoms with Gasteiger partial charge in [0.15, 0.2) is 11.5 Å². The van der Waals surface area contributed by atoms with Crippen LogP contribution in [0, 0.1) is 0 Å². The van der Waals surface area contributed by atoms with Crippen molar-refractivity contribution in [2.45, 2.75) is 20.8 Å². The number of aromatic nitrogens is 4. The monoisotopic (exact) mass is 503 g/mol. The quantitative estimate of drug-likeness (QED) is 0.229. The van der Waals surface area contributed by atoms with Crippen LogP contribution in [-0.4, -0.2) is 39.8 Å². The average molecular weight is 504 g/mol. The molecule has 0 aliphatic carbocycles. The van der Waals surface area contributed by atoms with Gasteiger partial charge in [0, 0.05) is 11.3 Å². The second kappa shape index (κ2) is 10.3. The Morgan fingerprint density at radius 1 is 0.889 bits per heavy atom. The molecule has 36 heavy (non-hydrogen) atoms. The number of anilines is 2. The molecule has 2 heterocycles. The molecule has 0 bridgehead atoms. The van der Waals surface area contributed by atoms with Crippen molar-refractivity contribution in [2.75, 3.05) is 25.1 Å². The maximum absolute atomic E-state index is 6.55. The van der Waals surface area contributed by atoms with Crippen molar-refractivity contribution >= 4 is 45.0 Å². The number of ether oxygens (including phenoxy) is 3. The Kier molecular flexibility index (Phi) is 6.77. The SMILES string of the molecule is CCOc1cc2c(Nc3ccc(Cl)c(-c4nc5ccccc5[nH]4)c3)ncnc2c(OCC)c1OCC. The summed E-state index contributed by atoms with van der Waals surface area (Å²) in [4.78, 5) is 17.0. The summed E-state index contributed by atoms with van der Waals surface area (Å²) in [6.07, 6.45) is 1.50. The number of aromatic amines is 1. The molecule has 2 aromatic heterocycles. The smallest absolute Gasteiger partial charge is 0.205 e. The number of hydrogen-bond acceptors (Lipinski definition) is 7. The summed E-state index contributed by atoms with van der Waals surface area (Å²) in [5.74, 6) is 2.94. The van der Waals surface area contributed by atoms with E-state index in [-0.39, 0.29) is 0 Å². The molecule has 8 nitrogen and oxygen atoms in total. The first-order valence-electron chi connectivity index (χ1n) is 11.8. The van der Waals surface area contributed by atoms with Crippen molar-refractivity contribution in [3.8, 4) is 28.6 Å². The first-order valence-corrected chi connectivity index (χ1v) is 12.2. The maximum Gasteiger partial charge on any atom is 0.205 e. The van der Waals surface area contributed by atoms with Gasteiger partial charge in [-0.05, 0) is 57.2 Å². The predicted octanol–water partition coefficient (Wildman–Crippen LogP) is 6.77. The lowest BCUT2D eigenvalue weighted by molar-refractivity contribution is 0.263. The van der Waals surface area contributed by atoms with Crippen LogP contribution >= 0.6 is 11.6 Å². The fraction of sp³-hybridized carbons (Fsp3) is 0.222. The molecule has 0 saturated carbocycles. The summed E-state index contributed by atoms with van der Waals surface area (Å²) in [5, 5.41) is 4.74. The van der Waals surface area contributed by atoms with Crippen LogP contribution in [-0.2, 0) is 0 Å². The minimum Gasteiger partial charge on any atom is -0.490 e. The topological polar surface area (TPSA) is 94.2 Å². The number of nitrogens with one attached hydrogen (secondary N) is 2. The van der Waals surface area contributed by atoms with Gasteiger partial charge in [0.05, 0.1) is 41.3 Å². The van der Waals surface area contributed by atoms with Crippen LogP contribution in [0.3, 0.4) is 0 Å². The lowest BCUT2D eigenvalue weighted by Gasteiger charge is -2.18. The fourth-order valence-electron chi connectivity index (χ4n) is 4.05. The minimum atomic E-state index is 0.454. The van der Waals surface area contributed by atoms with Crippen LogP contribution in [0.25, 0.3) is 33.3 Å².